The van der Waals surface area contributed by atoms with Crippen molar-refractivity contribution in [3.05, 3.63) is 42.0 Å². The number of aromatic amines is 1. The van der Waals surface area contributed by atoms with Crippen LogP contribution in [0.15, 0.2) is 35.5 Å². The molecule has 7 heteroatoms. The molecule has 110 valence electrons. The van der Waals surface area contributed by atoms with Gasteiger partial charge in [0, 0.05) is 41.9 Å². The Bertz CT molecular complexity index is 814. The number of fused-ring (bicyclic) bond motifs is 1. The van der Waals surface area contributed by atoms with Crippen LogP contribution in [0.3, 0.4) is 0 Å². The number of nitrogens with one attached hydrogen (secondary N) is 2. The molecule has 4 rings (SSSR count). The van der Waals surface area contributed by atoms with Gasteiger partial charge in [-0.15, -0.1) is 11.8 Å². The maximum Gasteiger partial charge on any atom is 0.161 e. The van der Waals surface area contributed by atoms with Crippen LogP contribution in [0.25, 0.3) is 11.4 Å². The first-order valence-electron chi connectivity index (χ1n) is 7.03. The molecule has 1 aliphatic rings. The number of aryl methyl sites for hydroxylation is 2. The Balaban J connectivity index is 1.78. The van der Waals surface area contributed by atoms with Crippen molar-refractivity contribution in [3.8, 4) is 11.4 Å². The van der Waals surface area contributed by atoms with Crippen molar-refractivity contribution in [3.63, 3.8) is 0 Å². The molecule has 0 aromatic carbocycles. The van der Waals surface area contributed by atoms with Crippen LogP contribution in [0, 0.1) is 6.92 Å². The lowest BCUT2D eigenvalue weighted by Crippen LogP contribution is -2.02. The second-order valence-corrected chi connectivity index (χ2v) is 6.17. The van der Waals surface area contributed by atoms with Crippen molar-refractivity contribution in [2.45, 2.75) is 18.2 Å². The van der Waals surface area contributed by atoms with Gasteiger partial charge in [-0.2, -0.15) is 5.10 Å². The first-order valence-corrected chi connectivity index (χ1v) is 8.01. The van der Waals surface area contributed by atoms with E-state index in [0.29, 0.717) is 0 Å². The fraction of sp³-hybridized carbons (Fsp3) is 0.200. The molecule has 0 saturated carbocycles. The maximum absolute atomic E-state index is 4.70. The summed E-state index contributed by atoms with van der Waals surface area (Å²) in [5.41, 5.74) is 3.08. The molecule has 0 fully saturated rings. The third-order valence-electron chi connectivity index (χ3n) is 3.41. The minimum Gasteiger partial charge on any atom is -0.322 e. The molecule has 4 heterocycles. The van der Waals surface area contributed by atoms with E-state index in [1.807, 2.05) is 25.1 Å². The summed E-state index contributed by atoms with van der Waals surface area (Å²) in [6.07, 6.45) is 4.48. The average molecular weight is 310 g/mol. The highest BCUT2D eigenvalue weighted by molar-refractivity contribution is 7.99. The van der Waals surface area contributed by atoms with Crippen molar-refractivity contribution in [1.29, 1.82) is 0 Å². The minimum absolute atomic E-state index is 0.721. The number of rotatable bonds is 3. The molecule has 2 N–H and O–H groups in total. The van der Waals surface area contributed by atoms with Gasteiger partial charge in [0.05, 0.1) is 10.6 Å². The quantitative estimate of drug-likeness (QED) is 0.774. The van der Waals surface area contributed by atoms with Crippen LogP contribution in [0.2, 0.25) is 0 Å². The van der Waals surface area contributed by atoms with Gasteiger partial charge in [0.15, 0.2) is 11.6 Å². The van der Waals surface area contributed by atoms with Crippen LogP contribution in [-0.2, 0) is 6.42 Å². The Labute approximate surface area is 131 Å². The Morgan fingerprint density at radius 2 is 2.09 bits per heavy atom. The summed E-state index contributed by atoms with van der Waals surface area (Å²) in [7, 11) is 0. The maximum atomic E-state index is 4.70. The largest absolute Gasteiger partial charge is 0.322 e. The highest BCUT2D eigenvalue weighted by Gasteiger charge is 2.21. The monoisotopic (exact) mass is 310 g/mol. The third kappa shape index (κ3) is 2.43. The number of hydrogen-bond acceptors (Lipinski definition) is 6. The number of nitrogens with zero attached hydrogens (tertiary/aromatic N) is 4. The molecule has 22 heavy (non-hydrogen) atoms. The van der Waals surface area contributed by atoms with Gasteiger partial charge in [-0.1, -0.05) is 0 Å². The zero-order valence-corrected chi connectivity index (χ0v) is 12.8. The van der Waals surface area contributed by atoms with Crippen molar-refractivity contribution < 1.29 is 0 Å². The van der Waals surface area contributed by atoms with Gasteiger partial charge in [0.2, 0.25) is 0 Å². The zero-order chi connectivity index (χ0) is 14.9. The van der Waals surface area contributed by atoms with Crippen molar-refractivity contribution in [1.82, 2.24) is 25.1 Å². The van der Waals surface area contributed by atoms with Crippen molar-refractivity contribution >= 4 is 23.4 Å². The van der Waals surface area contributed by atoms with Gasteiger partial charge in [0.25, 0.3) is 0 Å². The molecular formula is C15H14N6S. The molecule has 0 unspecified atom stereocenters. The van der Waals surface area contributed by atoms with E-state index >= 15 is 0 Å². The molecule has 0 atom stereocenters. The molecule has 0 bridgehead atoms. The van der Waals surface area contributed by atoms with Crippen molar-refractivity contribution in [2.24, 2.45) is 0 Å². The van der Waals surface area contributed by atoms with Crippen molar-refractivity contribution in [2.75, 3.05) is 11.1 Å². The number of aromatic nitrogens is 5. The second-order valence-electron chi connectivity index (χ2n) is 5.07. The summed E-state index contributed by atoms with van der Waals surface area (Å²) in [6, 6.07) is 5.80. The number of thioether (sulfide) groups is 1. The van der Waals surface area contributed by atoms with Gasteiger partial charge in [-0.25, -0.2) is 9.97 Å². The van der Waals surface area contributed by atoms with E-state index in [0.717, 1.165) is 51.5 Å². The Morgan fingerprint density at radius 1 is 1.23 bits per heavy atom. The molecule has 3 aromatic heterocycles. The first-order chi connectivity index (χ1) is 10.8. The van der Waals surface area contributed by atoms with Crippen LogP contribution >= 0.6 is 11.8 Å². The number of pyridine rings is 1. The van der Waals surface area contributed by atoms with Crippen LogP contribution in [0.1, 0.15) is 11.4 Å². The first kappa shape index (κ1) is 13.3. The van der Waals surface area contributed by atoms with E-state index in [4.69, 9.17) is 9.97 Å². The van der Waals surface area contributed by atoms with Crippen LogP contribution in [-0.4, -0.2) is 30.9 Å². The standard InChI is InChI=1S/C15H14N6S/c1-9-8-12(21-20-9)18-15-13-11(4-7-22-13)17-14(19-15)10-2-5-16-6-3-10/h2-3,5-6,8H,4,7H2,1H3,(H2,17,18,19,20,21). The summed E-state index contributed by atoms with van der Waals surface area (Å²) in [5.74, 6) is 3.36. The number of hydrogen-bond donors (Lipinski definition) is 2. The summed E-state index contributed by atoms with van der Waals surface area (Å²) in [5, 5.41) is 10.5. The topological polar surface area (TPSA) is 79.4 Å². The predicted molar refractivity (Wildman–Crippen MR) is 86.3 cm³/mol. The van der Waals surface area contributed by atoms with Gasteiger partial charge >= 0.3 is 0 Å². The fourth-order valence-electron chi connectivity index (χ4n) is 2.39. The van der Waals surface area contributed by atoms with Crippen LogP contribution in [0.4, 0.5) is 11.6 Å². The third-order valence-corrected chi connectivity index (χ3v) is 4.54. The van der Waals surface area contributed by atoms with Gasteiger partial charge in [0.1, 0.15) is 5.82 Å². The van der Waals surface area contributed by atoms with E-state index in [2.05, 4.69) is 20.5 Å². The Kier molecular flexibility index (Phi) is 3.27. The lowest BCUT2D eigenvalue weighted by molar-refractivity contribution is 0.982. The van der Waals surface area contributed by atoms with Crippen LogP contribution < -0.4 is 5.32 Å². The molecule has 0 saturated heterocycles. The van der Waals surface area contributed by atoms with E-state index < -0.39 is 0 Å². The molecule has 0 spiro atoms. The molecule has 3 aromatic rings. The SMILES string of the molecule is Cc1cc(Nc2nc(-c3ccncc3)nc3c2SCC3)n[nH]1. The highest BCUT2D eigenvalue weighted by atomic mass is 32.2. The van der Waals surface area contributed by atoms with E-state index in [1.165, 1.54) is 0 Å². The fourth-order valence-corrected chi connectivity index (χ4v) is 3.43. The van der Waals surface area contributed by atoms with E-state index in [-0.39, 0.29) is 0 Å². The zero-order valence-electron chi connectivity index (χ0n) is 12.0. The number of anilines is 2. The van der Waals surface area contributed by atoms with Gasteiger partial charge in [-0.05, 0) is 19.1 Å². The van der Waals surface area contributed by atoms with Gasteiger partial charge in [-0.3, -0.25) is 10.1 Å². The normalized spacial score (nSPS) is 13.1. The molecule has 0 aliphatic carbocycles. The summed E-state index contributed by atoms with van der Waals surface area (Å²) in [4.78, 5) is 14.6. The summed E-state index contributed by atoms with van der Waals surface area (Å²) in [6.45, 7) is 1.97. The Morgan fingerprint density at radius 3 is 2.86 bits per heavy atom. The van der Waals surface area contributed by atoms with E-state index in [9.17, 15) is 0 Å². The highest BCUT2D eigenvalue weighted by Crippen LogP contribution is 2.37. The minimum atomic E-state index is 0.721. The molecule has 0 amide bonds. The van der Waals surface area contributed by atoms with Crippen LogP contribution in [0.5, 0.6) is 0 Å². The summed E-state index contributed by atoms with van der Waals surface area (Å²) < 4.78 is 0. The Hall–Kier alpha value is -2.41. The predicted octanol–water partition coefficient (Wildman–Crippen LogP) is 2.96. The lowest BCUT2D eigenvalue weighted by Gasteiger charge is -2.10. The molecule has 0 radical (unpaired) electrons. The molecule has 6 nitrogen and oxygen atoms in total. The molecular weight excluding hydrogens is 296 g/mol. The lowest BCUT2D eigenvalue weighted by atomic mass is 10.2. The summed E-state index contributed by atoms with van der Waals surface area (Å²) >= 11 is 1.79. The van der Waals surface area contributed by atoms with Gasteiger partial charge < -0.3 is 5.32 Å². The second kappa shape index (κ2) is 5.42. The smallest absolute Gasteiger partial charge is 0.161 e. The molecule has 1 aliphatic heterocycles. The van der Waals surface area contributed by atoms with E-state index in [1.54, 1.807) is 24.2 Å². The average Bonchev–Trinajstić information content (AvgIpc) is 3.17. The number of H-pyrrole nitrogens is 1.